The van der Waals surface area contributed by atoms with Crippen LogP contribution < -0.4 is 0 Å². The minimum Gasteiger partial charge on any atom is -0.0842 e. The molecule has 4 aromatic rings. The summed E-state index contributed by atoms with van der Waals surface area (Å²) < 4.78 is 0. The number of benzene rings is 4. The van der Waals surface area contributed by atoms with Crippen molar-refractivity contribution in [2.45, 2.75) is 18.3 Å². The zero-order valence-corrected chi connectivity index (χ0v) is 17.5. The molecule has 0 heteroatoms. The van der Waals surface area contributed by atoms with Gasteiger partial charge in [-0.25, -0.2) is 0 Å². The lowest BCUT2D eigenvalue weighted by Gasteiger charge is -2.36. The number of rotatable bonds is 3. The fraction of sp³-hybridized carbons (Fsp3) is 0.0968. The fourth-order valence-corrected chi connectivity index (χ4v) is 5.63. The van der Waals surface area contributed by atoms with Crippen LogP contribution in [0.2, 0.25) is 0 Å². The SMILES string of the molecule is C1=CCCC(C2(c3ccccc3)c3ccccc3-c3c(-c4ccccc4)cccc32)=C1. The van der Waals surface area contributed by atoms with E-state index in [0.717, 1.165) is 12.8 Å². The Morgan fingerprint density at radius 1 is 0.581 bits per heavy atom. The Bertz CT molecular complexity index is 1310. The maximum absolute atomic E-state index is 2.36. The molecule has 0 bridgehead atoms. The summed E-state index contributed by atoms with van der Waals surface area (Å²) in [5.74, 6) is 0. The Kier molecular flexibility index (Phi) is 4.25. The van der Waals surface area contributed by atoms with E-state index in [1.54, 1.807) is 0 Å². The molecule has 2 aliphatic carbocycles. The topological polar surface area (TPSA) is 0 Å². The van der Waals surface area contributed by atoms with E-state index in [-0.39, 0.29) is 5.41 Å². The largest absolute Gasteiger partial charge is 0.0842 e. The summed E-state index contributed by atoms with van der Waals surface area (Å²) in [6.45, 7) is 0. The maximum atomic E-state index is 2.36. The highest BCUT2D eigenvalue weighted by atomic mass is 14.5. The smallest absolute Gasteiger partial charge is 0.0676 e. The van der Waals surface area contributed by atoms with Gasteiger partial charge in [-0.2, -0.15) is 0 Å². The van der Waals surface area contributed by atoms with Crippen LogP contribution in [0, 0.1) is 0 Å². The predicted molar refractivity (Wildman–Crippen MR) is 130 cm³/mol. The molecule has 4 aromatic carbocycles. The lowest BCUT2D eigenvalue weighted by Crippen LogP contribution is -2.30. The second-order valence-electron chi connectivity index (χ2n) is 8.41. The lowest BCUT2D eigenvalue weighted by molar-refractivity contribution is 0.693. The number of allylic oxidation sites excluding steroid dienone is 4. The van der Waals surface area contributed by atoms with Crippen molar-refractivity contribution in [3.63, 3.8) is 0 Å². The molecular formula is C31H24. The van der Waals surface area contributed by atoms with Crippen molar-refractivity contribution in [1.82, 2.24) is 0 Å². The normalized spacial score (nSPS) is 18.9. The van der Waals surface area contributed by atoms with E-state index in [2.05, 4.69) is 121 Å². The first-order chi connectivity index (χ1) is 15.4. The number of hydrogen-bond acceptors (Lipinski definition) is 0. The van der Waals surface area contributed by atoms with Crippen LogP contribution in [0.3, 0.4) is 0 Å². The van der Waals surface area contributed by atoms with Gasteiger partial charge in [0.2, 0.25) is 0 Å². The molecule has 0 radical (unpaired) electrons. The van der Waals surface area contributed by atoms with Crippen LogP contribution >= 0.6 is 0 Å². The Hall–Kier alpha value is -3.64. The van der Waals surface area contributed by atoms with Gasteiger partial charge in [0.1, 0.15) is 0 Å². The van der Waals surface area contributed by atoms with Crippen molar-refractivity contribution in [2.24, 2.45) is 0 Å². The van der Waals surface area contributed by atoms with Gasteiger partial charge in [0.15, 0.2) is 0 Å². The second-order valence-corrected chi connectivity index (χ2v) is 8.41. The molecule has 0 nitrogen and oxygen atoms in total. The maximum Gasteiger partial charge on any atom is 0.0676 e. The van der Waals surface area contributed by atoms with Crippen LogP contribution in [0.25, 0.3) is 22.3 Å². The first kappa shape index (κ1) is 18.2. The molecule has 1 atom stereocenters. The van der Waals surface area contributed by atoms with Crippen molar-refractivity contribution >= 4 is 0 Å². The van der Waals surface area contributed by atoms with E-state index in [1.807, 2.05) is 0 Å². The average Bonchev–Trinajstić information content (AvgIpc) is 3.17. The van der Waals surface area contributed by atoms with Crippen molar-refractivity contribution < 1.29 is 0 Å². The molecule has 0 N–H and O–H groups in total. The van der Waals surface area contributed by atoms with Gasteiger partial charge in [0, 0.05) is 0 Å². The zero-order chi connectivity index (χ0) is 20.7. The van der Waals surface area contributed by atoms with Gasteiger partial charge in [-0.1, -0.05) is 127 Å². The first-order valence-electron chi connectivity index (χ1n) is 11.1. The van der Waals surface area contributed by atoms with E-state index < -0.39 is 0 Å². The lowest BCUT2D eigenvalue weighted by atomic mass is 9.65. The Balaban J connectivity index is 1.76. The Labute approximate surface area is 184 Å². The van der Waals surface area contributed by atoms with E-state index in [1.165, 1.54) is 44.5 Å². The third kappa shape index (κ3) is 2.61. The second kappa shape index (κ2) is 7.25. The predicted octanol–water partition coefficient (Wildman–Crippen LogP) is 7.94. The number of hydrogen-bond donors (Lipinski definition) is 0. The summed E-state index contributed by atoms with van der Waals surface area (Å²) >= 11 is 0. The third-order valence-electron chi connectivity index (χ3n) is 6.86. The standard InChI is InChI=1S/C31H24/c1-4-13-23(14-5-1)26-20-12-22-29-30(26)27-19-10-11-21-28(27)31(29,24-15-6-2-7-16-24)25-17-8-3-9-18-25/h1-8,10-17,19-22H,9,18H2. The van der Waals surface area contributed by atoms with Crippen LogP contribution in [0.1, 0.15) is 29.5 Å². The van der Waals surface area contributed by atoms with Crippen LogP contribution in [-0.2, 0) is 5.41 Å². The van der Waals surface area contributed by atoms with Gasteiger partial charge in [-0.05, 0) is 51.8 Å². The van der Waals surface area contributed by atoms with Crippen molar-refractivity contribution in [3.8, 4) is 22.3 Å². The molecule has 0 spiro atoms. The van der Waals surface area contributed by atoms with Gasteiger partial charge < -0.3 is 0 Å². The van der Waals surface area contributed by atoms with Crippen LogP contribution in [0.4, 0.5) is 0 Å². The monoisotopic (exact) mass is 396 g/mol. The highest BCUT2D eigenvalue weighted by Crippen LogP contribution is 2.59. The zero-order valence-electron chi connectivity index (χ0n) is 17.5. The van der Waals surface area contributed by atoms with Gasteiger partial charge in [0.05, 0.1) is 5.41 Å². The van der Waals surface area contributed by atoms with E-state index in [9.17, 15) is 0 Å². The van der Waals surface area contributed by atoms with Gasteiger partial charge >= 0.3 is 0 Å². The van der Waals surface area contributed by atoms with Crippen molar-refractivity contribution in [3.05, 3.63) is 144 Å². The summed E-state index contributed by atoms with van der Waals surface area (Å²) in [5, 5.41) is 0. The minimum absolute atomic E-state index is 0.247. The summed E-state index contributed by atoms with van der Waals surface area (Å²) in [6, 6.07) is 37.8. The van der Waals surface area contributed by atoms with Crippen LogP contribution in [-0.4, -0.2) is 0 Å². The number of fused-ring (bicyclic) bond motifs is 3. The molecule has 148 valence electrons. The molecular weight excluding hydrogens is 372 g/mol. The Morgan fingerprint density at radius 3 is 2.03 bits per heavy atom. The summed E-state index contributed by atoms with van der Waals surface area (Å²) in [4.78, 5) is 0. The van der Waals surface area contributed by atoms with E-state index in [4.69, 9.17) is 0 Å². The Morgan fingerprint density at radius 2 is 1.26 bits per heavy atom. The fourth-order valence-electron chi connectivity index (χ4n) is 5.63. The molecule has 31 heavy (non-hydrogen) atoms. The summed E-state index contributed by atoms with van der Waals surface area (Å²) in [5.41, 5.74) is 10.7. The molecule has 0 aromatic heterocycles. The van der Waals surface area contributed by atoms with Gasteiger partial charge in [0.25, 0.3) is 0 Å². The van der Waals surface area contributed by atoms with Crippen LogP contribution in [0.5, 0.6) is 0 Å². The third-order valence-corrected chi connectivity index (χ3v) is 6.86. The van der Waals surface area contributed by atoms with Gasteiger partial charge in [-0.3, -0.25) is 0 Å². The average molecular weight is 397 g/mol. The summed E-state index contributed by atoms with van der Waals surface area (Å²) in [7, 11) is 0. The van der Waals surface area contributed by atoms with Crippen molar-refractivity contribution in [2.75, 3.05) is 0 Å². The quantitative estimate of drug-likeness (QED) is 0.330. The molecule has 0 aliphatic heterocycles. The minimum atomic E-state index is -0.247. The molecule has 0 fully saturated rings. The highest BCUT2D eigenvalue weighted by molar-refractivity contribution is 5.95. The molecule has 0 amide bonds. The van der Waals surface area contributed by atoms with Gasteiger partial charge in [-0.15, -0.1) is 0 Å². The molecule has 6 rings (SSSR count). The van der Waals surface area contributed by atoms with E-state index in [0.29, 0.717) is 0 Å². The molecule has 1 unspecified atom stereocenters. The summed E-state index contributed by atoms with van der Waals surface area (Å²) in [6.07, 6.45) is 9.05. The van der Waals surface area contributed by atoms with Crippen LogP contribution in [0.15, 0.2) is 127 Å². The molecule has 2 aliphatic rings. The molecule has 0 heterocycles. The van der Waals surface area contributed by atoms with E-state index >= 15 is 0 Å². The van der Waals surface area contributed by atoms with Crippen molar-refractivity contribution in [1.29, 1.82) is 0 Å². The highest BCUT2D eigenvalue weighted by Gasteiger charge is 2.47. The molecule has 0 saturated heterocycles. The first-order valence-corrected chi connectivity index (χ1v) is 11.1. The molecule has 0 saturated carbocycles.